The van der Waals surface area contributed by atoms with Crippen LogP contribution in [0, 0.1) is 15.9 Å². The first-order valence-electron chi connectivity index (χ1n) is 4.32. The van der Waals surface area contributed by atoms with Gasteiger partial charge in [-0.3, -0.25) is 10.1 Å². The molecular formula is C9H9FN2O2. The van der Waals surface area contributed by atoms with Crippen LogP contribution in [0.4, 0.5) is 10.1 Å². The fourth-order valence-electron chi connectivity index (χ4n) is 1.84. The van der Waals surface area contributed by atoms with Gasteiger partial charge in [-0.15, -0.1) is 0 Å². The van der Waals surface area contributed by atoms with Crippen LogP contribution in [0.3, 0.4) is 0 Å². The number of hydrogen-bond donors (Lipinski definition) is 1. The molecule has 1 aliphatic rings. The van der Waals surface area contributed by atoms with Gasteiger partial charge in [0.15, 0.2) is 0 Å². The van der Waals surface area contributed by atoms with Gasteiger partial charge in [0.25, 0.3) is 0 Å². The van der Waals surface area contributed by atoms with Crippen LogP contribution in [0.5, 0.6) is 0 Å². The number of nitro benzene ring substituents is 1. The molecular weight excluding hydrogens is 187 g/mol. The maximum Gasteiger partial charge on any atom is 0.305 e. The van der Waals surface area contributed by atoms with Crippen LogP contribution in [0.25, 0.3) is 0 Å². The fraction of sp³-hybridized carbons (Fsp3) is 0.333. The first-order chi connectivity index (χ1) is 6.61. The first-order valence-corrected chi connectivity index (χ1v) is 4.32. The largest absolute Gasteiger partial charge is 0.324 e. The number of benzene rings is 1. The van der Waals surface area contributed by atoms with E-state index >= 15 is 0 Å². The van der Waals surface area contributed by atoms with Gasteiger partial charge in [0, 0.05) is 17.7 Å². The number of halogens is 1. The fourth-order valence-corrected chi connectivity index (χ4v) is 1.84. The Morgan fingerprint density at radius 2 is 2.29 bits per heavy atom. The summed E-state index contributed by atoms with van der Waals surface area (Å²) >= 11 is 0. The van der Waals surface area contributed by atoms with Gasteiger partial charge in [-0.25, -0.2) is 0 Å². The summed E-state index contributed by atoms with van der Waals surface area (Å²) in [7, 11) is 0. The van der Waals surface area contributed by atoms with Crippen molar-refractivity contribution in [1.82, 2.24) is 0 Å². The van der Waals surface area contributed by atoms with Crippen LogP contribution in [-0.2, 0) is 6.42 Å². The molecule has 0 amide bonds. The first kappa shape index (κ1) is 9.08. The molecule has 0 radical (unpaired) electrons. The SMILES string of the molecule is NC1CCc2ccc([N+](=O)[O-])c(F)c21. The zero-order valence-corrected chi connectivity index (χ0v) is 7.37. The number of nitro groups is 1. The lowest BCUT2D eigenvalue weighted by Crippen LogP contribution is -2.08. The minimum Gasteiger partial charge on any atom is -0.324 e. The predicted molar refractivity (Wildman–Crippen MR) is 48.3 cm³/mol. The molecule has 14 heavy (non-hydrogen) atoms. The molecule has 0 saturated carbocycles. The van der Waals surface area contributed by atoms with Crippen molar-refractivity contribution < 1.29 is 9.31 Å². The van der Waals surface area contributed by atoms with Crippen molar-refractivity contribution in [3.8, 4) is 0 Å². The van der Waals surface area contributed by atoms with Crippen LogP contribution < -0.4 is 5.73 Å². The van der Waals surface area contributed by atoms with Crippen molar-refractivity contribution in [2.45, 2.75) is 18.9 Å². The monoisotopic (exact) mass is 196 g/mol. The third-order valence-corrected chi connectivity index (χ3v) is 2.54. The van der Waals surface area contributed by atoms with Crippen molar-refractivity contribution in [1.29, 1.82) is 0 Å². The van der Waals surface area contributed by atoms with E-state index in [0.717, 1.165) is 5.56 Å². The topological polar surface area (TPSA) is 69.2 Å². The highest BCUT2D eigenvalue weighted by Crippen LogP contribution is 2.35. The summed E-state index contributed by atoms with van der Waals surface area (Å²) in [4.78, 5) is 9.73. The zero-order chi connectivity index (χ0) is 10.3. The highest BCUT2D eigenvalue weighted by Gasteiger charge is 2.28. The number of rotatable bonds is 1. The van der Waals surface area contributed by atoms with E-state index in [1.807, 2.05) is 0 Å². The Bertz CT molecular complexity index is 406. The van der Waals surface area contributed by atoms with E-state index in [1.165, 1.54) is 6.07 Å². The number of aryl methyl sites for hydroxylation is 1. The summed E-state index contributed by atoms with van der Waals surface area (Å²) in [5.74, 6) is -0.766. The second kappa shape index (κ2) is 3.02. The number of fused-ring (bicyclic) bond motifs is 1. The van der Waals surface area contributed by atoms with Gasteiger partial charge in [0.05, 0.1) is 4.92 Å². The zero-order valence-electron chi connectivity index (χ0n) is 7.37. The molecule has 74 valence electrons. The molecule has 0 heterocycles. The third kappa shape index (κ3) is 1.17. The average Bonchev–Trinajstić information content (AvgIpc) is 2.48. The molecule has 0 bridgehead atoms. The van der Waals surface area contributed by atoms with E-state index in [4.69, 9.17) is 5.73 Å². The van der Waals surface area contributed by atoms with Gasteiger partial charge >= 0.3 is 5.69 Å². The van der Waals surface area contributed by atoms with E-state index < -0.39 is 22.5 Å². The Kier molecular flexibility index (Phi) is 1.96. The Morgan fingerprint density at radius 3 is 2.93 bits per heavy atom. The average molecular weight is 196 g/mol. The highest BCUT2D eigenvalue weighted by atomic mass is 19.1. The van der Waals surface area contributed by atoms with Crippen molar-refractivity contribution >= 4 is 5.69 Å². The lowest BCUT2D eigenvalue weighted by atomic mass is 10.1. The molecule has 1 aromatic rings. The standard InChI is InChI=1S/C9H9FN2O2/c10-9-7(12(13)14)4-2-5-1-3-6(11)8(5)9/h2,4,6H,1,3,11H2. The molecule has 2 rings (SSSR count). The normalized spacial score (nSPS) is 19.4. The summed E-state index contributed by atoms with van der Waals surface area (Å²) in [5.41, 5.74) is 6.28. The van der Waals surface area contributed by atoms with Gasteiger partial charge in [-0.05, 0) is 18.4 Å². The van der Waals surface area contributed by atoms with E-state index in [2.05, 4.69) is 0 Å². The smallest absolute Gasteiger partial charge is 0.305 e. The van der Waals surface area contributed by atoms with E-state index in [1.54, 1.807) is 6.07 Å². The van der Waals surface area contributed by atoms with Crippen LogP contribution in [0.15, 0.2) is 12.1 Å². The van der Waals surface area contributed by atoms with Crippen LogP contribution in [0.1, 0.15) is 23.6 Å². The molecule has 0 saturated heterocycles. The van der Waals surface area contributed by atoms with E-state index in [-0.39, 0.29) is 0 Å². The maximum atomic E-state index is 13.6. The molecule has 0 fully saturated rings. The third-order valence-electron chi connectivity index (χ3n) is 2.54. The van der Waals surface area contributed by atoms with Crippen LogP contribution in [0.2, 0.25) is 0 Å². The predicted octanol–water partition coefficient (Wildman–Crippen LogP) is 1.68. The summed E-state index contributed by atoms with van der Waals surface area (Å²) in [5, 5.41) is 10.5. The van der Waals surface area contributed by atoms with Crippen molar-refractivity contribution in [2.24, 2.45) is 5.73 Å². The van der Waals surface area contributed by atoms with Crippen molar-refractivity contribution in [3.05, 3.63) is 39.2 Å². The van der Waals surface area contributed by atoms with Gasteiger partial charge in [0.2, 0.25) is 5.82 Å². The highest BCUT2D eigenvalue weighted by molar-refractivity contribution is 5.45. The van der Waals surface area contributed by atoms with Gasteiger partial charge in [-0.2, -0.15) is 4.39 Å². The second-order valence-corrected chi connectivity index (χ2v) is 3.37. The molecule has 1 aromatic carbocycles. The van der Waals surface area contributed by atoms with E-state index in [0.29, 0.717) is 18.4 Å². The molecule has 5 heteroatoms. The Balaban J connectivity index is 2.61. The van der Waals surface area contributed by atoms with E-state index in [9.17, 15) is 14.5 Å². The van der Waals surface area contributed by atoms with Crippen molar-refractivity contribution in [2.75, 3.05) is 0 Å². The summed E-state index contributed by atoms with van der Waals surface area (Å²) in [6, 6.07) is 2.39. The number of nitrogens with two attached hydrogens (primary N) is 1. The molecule has 0 aliphatic heterocycles. The molecule has 4 nitrogen and oxygen atoms in total. The van der Waals surface area contributed by atoms with Gasteiger partial charge in [0.1, 0.15) is 0 Å². The van der Waals surface area contributed by atoms with Crippen molar-refractivity contribution in [3.63, 3.8) is 0 Å². The molecule has 1 unspecified atom stereocenters. The summed E-state index contributed by atoms with van der Waals surface area (Å²) < 4.78 is 13.6. The summed E-state index contributed by atoms with van der Waals surface area (Å²) in [6.45, 7) is 0. The lowest BCUT2D eigenvalue weighted by Gasteiger charge is -2.05. The number of hydrogen-bond acceptors (Lipinski definition) is 3. The molecule has 0 spiro atoms. The molecule has 1 aliphatic carbocycles. The maximum absolute atomic E-state index is 13.6. The molecule has 1 atom stereocenters. The minimum absolute atomic E-state index is 0.319. The summed E-state index contributed by atoms with van der Waals surface area (Å²) in [6.07, 6.45) is 1.36. The van der Waals surface area contributed by atoms with Crippen LogP contribution >= 0.6 is 0 Å². The molecule has 0 aromatic heterocycles. The Labute approximate surface area is 79.7 Å². The Hall–Kier alpha value is -1.49. The number of nitrogens with zero attached hydrogens (tertiary/aromatic N) is 1. The van der Waals surface area contributed by atoms with Gasteiger partial charge in [-0.1, -0.05) is 6.07 Å². The van der Waals surface area contributed by atoms with Crippen LogP contribution in [-0.4, -0.2) is 4.92 Å². The second-order valence-electron chi connectivity index (χ2n) is 3.37. The lowest BCUT2D eigenvalue weighted by molar-refractivity contribution is -0.387. The molecule has 2 N–H and O–H groups in total. The Morgan fingerprint density at radius 1 is 1.57 bits per heavy atom. The quantitative estimate of drug-likeness (QED) is 0.548. The van der Waals surface area contributed by atoms with Gasteiger partial charge < -0.3 is 5.73 Å². The minimum atomic E-state index is -0.766.